The van der Waals surface area contributed by atoms with Crippen LogP contribution in [0, 0.1) is 5.82 Å². The Labute approximate surface area is 185 Å². The lowest BCUT2D eigenvalue weighted by molar-refractivity contribution is -0.132. The summed E-state index contributed by atoms with van der Waals surface area (Å²) in [6.45, 7) is 1.71. The molecule has 0 aliphatic heterocycles. The summed E-state index contributed by atoms with van der Waals surface area (Å²) in [6.07, 6.45) is 1.52. The molecule has 8 nitrogen and oxygen atoms in total. The zero-order valence-electron chi connectivity index (χ0n) is 18.1. The molecule has 0 saturated carbocycles. The molecule has 3 rings (SSSR count). The quantitative estimate of drug-likeness (QED) is 0.474. The molecule has 32 heavy (non-hydrogen) atoms. The molecule has 1 amide bonds. The molecule has 0 radical (unpaired) electrons. The van der Waals surface area contributed by atoms with Gasteiger partial charge in [-0.05, 0) is 36.8 Å². The zero-order chi connectivity index (χ0) is 23.1. The molecule has 0 unspecified atom stereocenters. The highest BCUT2D eigenvalue weighted by Gasteiger charge is 2.22. The van der Waals surface area contributed by atoms with E-state index in [1.807, 2.05) is 30.3 Å². The summed E-state index contributed by atoms with van der Waals surface area (Å²) in [5.74, 6) is -1.25. The van der Waals surface area contributed by atoms with Crippen molar-refractivity contribution in [2.24, 2.45) is 0 Å². The first-order valence-electron chi connectivity index (χ1n) is 9.94. The van der Waals surface area contributed by atoms with E-state index in [-0.39, 0.29) is 42.9 Å². The second-order valence-corrected chi connectivity index (χ2v) is 6.85. The summed E-state index contributed by atoms with van der Waals surface area (Å²) in [6, 6.07) is 13.7. The molecular weight excluding hydrogens is 417 g/mol. The van der Waals surface area contributed by atoms with Crippen molar-refractivity contribution in [3.8, 4) is 17.2 Å². The molecule has 0 bridgehead atoms. The summed E-state index contributed by atoms with van der Waals surface area (Å²) >= 11 is 0. The standard InChI is InChI=1S/C23H24FN3O5/c1-4-31-23(29)22-20(14-27(25-22)17-8-6-5-7-9-17)32-15-21(28)26(2)13-16-10-11-19(30-3)18(24)12-16/h5-12,14H,4,13,15H2,1-3H3. The molecule has 168 valence electrons. The van der Waals surface area contributed by atoms with E-state index in [4.69, 9.17) is 14.2 Å². The summed E-state index contributed by atoms with van der Waals surface area (Å²) in [5.41, 5.74) is 1.30. The van der Waals surface area contributed by atoms with Crippen molar-refractivity contribution < 1.29 is 28.2 Å². The Hall–Kier alpha value is -3.88. The largest absolute Gasteiger partial charge is 0.494 e. The second kappa shape index (κ2) is 10.4. The molecule has 0 N–H and O–H groups in total. The van der Waals surface area contributed by atoms with E-state index >= 15 is 0 Å². The van der Waals surface area contributed by atoms with Gasteiger partial charge < -0.3 is 19.1 Å². The predicted molar refractivity (Wildman–Crippen MR) is 114 cm³/mol. The minimum absolute atomic E-state index is 0.0246. The maximum Gasteiger partial charge on any atom is 0.362 e. The fourth-order valence-corrected chi connectivity index (χ4v) is 2.94. The third-order valence-corrected chi connectivity index (χ3v) is 4.58. The molecule has 2 aromatic carbocycles. The zero-order valence-corrected chi connectivity index (χ0v) is 18.1. The average molecular weight is 441 g/mol. The van der Waals surface area contributed by atoms with Crippen LogP contribution in [-0.4, -0.2) is 53.9 Å². The molecule has 9 heteroatoms. The van der Waals surface area contributed by atoms with E-state index in [1.165, 1.54) is 35.0 Å². The third-order valence-electron chi connectivity index (χ3n) is 4.58. The molecular formula is C23H24FN3O5. The van der Waals surface area contributed by atoms with Gasteiger partial charge in [0.25, 0.3) is 5.91 Å². The van der Waals surface area contributed by atoms with Gasteiger partial charge in [0.1, 0.15) is 0 Å². The smallest absolute Gasteiger partial charge is 0.362 e. The third kappa shape index (κ3) is 5.42. The SMILES string of the molecule is CCOC(=O)c1nn(-c2ccccc2)cc1OCC(=O)N(C)Cc1ccc(OC)c(F)c1. The number of benzene rings is 2. The van der Waals surface area contributed by atoms with Crippen LogP contribution in [0.3, 0.4) is 0 Å². The normalized spacial score (nSPS) is 10.5. The van der Waals surface area contributed by atoms with Crippen LogP contribution >= 0.6 is 0 Å². The van der Waals surface area contributed by atoms with Crippen LogP contribution in [-0.2, 0) is 16.1 Å². The molecule has 0 aliphatic rings. The molecule has 0 atom stereocenters. The lowest BCUT2D eigenvalue weighted by Gasteiger charge is -2.18. The first kappa shape index (κ1) is 22.8. The fraction of sp³-hybridized carbons (Fsp3) is 0.261. The van der Waals surface area contributed by atoms with Crippen LogP contribution in [0.5, 0.6) is 11.5 Å². The lowest BCUT2D eigenvalue weighted by Crippen LogP contribution is -2.31. The van der Waals surface area contributed by atoms with Crippen molar-refractivity contribution in [2.75, 3.05) is 27.4 Å². The number of rotatable bonds is 9. The number of likely N-dealkylation sites (N-methyl/N-ethyl adjacent to an activating group) is 1. The van der Waals surface area contributed by atoms with Crippen molar-refractivity contribution in [1.29, 1.82) is 0 Å². The Kier molecular flexibility index (Phi) is 7.43. The van der Waals surface area contributed by atoms with Crippen molar-refractivity contribution in [1.82, 2.24) is 14.7 Å². The Morgan fingerprint density at radius 1 is 1.12 bits per heavy atom. The topological polar surface area (TPSA) is 82.9 Å². The number of amides is 1. The summed E-state index contributed by atoms with van der Waals surface area (Å²) in [7, 11) is 2.96. The Morgan fingerprint density at radius 3 is 2.53 bits per heavy atom. The van der Waals surface area contributed by atoms with Gasteiger partial charge in [-0.25, -0.2) is 13.9 Å². The van der Waals surface area contributed by atoms with Crippen LogP contribution in [0.2, 0.25) is 0 Å². The van der Waals surface area contributed by atoms with E-state index in [1.54, 1.807) is 20.0 Å². The van der Waals surface area contributed by atoms with Crippen LogP contribution < -0.4 is 9.47 Å². The lowest BCUT2D eigenvalue weighted by atomic mass is 10.2. The Bertz CT molecular complexity index is 1080. The van der Waals surface area contributed by atoms with Gasteiger partial charge in [0, 0.05) is 13.6 Å². The van der Waals surface area contributed by atoms with Crippen molar-refractivity contribution in [2.45, 2.75) is 13.5 Å². The molecule has 0 aliphatic carbocycles. The number of hydrogen-bond donors (Lipinski definition) is 0. The number of nitrogens with zero attached hydrogens (tertiary/aromatic N) is 3. The molecule has 0 saturated heterocycles. The molecule has 0 spiro atoms. The van der Waals surface area contributed by atoms with Crippen molar-refractivity contribution in [3.63, 3.8) is 0 Å². The van der Waals surface area contributed by atoms with E-state index in [0.717, 1.165) is 5.69 Å². The minimum atomic E-state index is -0.647. The number of hydrogen-bond acceptors (Lipinski definition) is 6. The number of carbonyl (C=O) groups excluding carboxylic acids is 2. The van der Waals surface area contributed by atoms with Crippen LogP contribution in [0.1, 0.15) is 23.0 Å². The number of halogens is 1. The summed E-state index contributed by atoms with van der Waals surface area (Å²) < 4.78 is 30.9. The number of para-hydroxylation sites is 1. The van der Waals surface area contributed by atoms with Gasteiger partial charge >= 0.3 is 5.97 Å². The minimum Gasteiger partial charge on any atom is -0.494 e. The maximum atomic E-state index is 13.9. The number of esters is 1. The van der Waals surface area contributed by atoms with Crippen LogP contribution in [0.15, 0.2) is 54.7 Å². The highest BCUT2D eigenvalue weighted by Crippen LogP contribution is 2.22. The first-order valence-corrected chi connectivity index (χ1v) is 9.94. The highest BCUT2D eigenvalue weighted by molar-refractivity contribution is 5.90. The highest BCUT2D eigenvalue weighted by atomic mass is 19.1. The molecule has 0 fully saturated rings. The van der Waals surface area contributed by atoms with E-state index < -0.39 is 11.8 Å². The van der Waals surface area contributed by atoms with E-state index in [2.05, 4.69) is 5.10 Å². The van der Waals surface area contributed by atoms with E-state index in [9.17, 15) is 14.0 Å². The van der Waals surface area contributed by atoms with Gasteiger partial charge in [0.2, 0.25) is 5.69 Å². The number of methoxy groups -OCH3 is 1. The molecule has 3 aromatic rings. The van der Waals surface area contributed by atoms with E-state index in [0.29, 0.717) is 5.56 Å². The second-order valence-electron chi connectivity index (χ2n) is 6.85. The molecule has 1 aromatic heterocycles. The van der Waals surface area contributed by atoms with Gasteiger partial charge in [-0.2, -0.15) is 5.10 Å². The van der Waals surface area contributed by atoms with Crippen molar-refractivity contribution >= 4 is 11.9 Å². The monoisotopic (exact) mass is 441 g/mol. The number of ether oxygens (including phenoxy) is 3. The van der Waals surface area contributed by atoms with Gasteiger partial charge in [-0.3, -0.25) is 4.79 Å². The molecule has 1 heterocycles. The maximum absolute atomic E-state index is 13.9. The predicted octanol–water partition coefficient (Wildman–Crippen LogP) is 3.23. The van der Waals surface area contributed by atoms with Crippen molar-refractivity contribution in [3.05, 3.63) is 71.8 Å². The van der Waals surface area contributed by atoms with Gasteiger partial charge in [0.05, 0.1) is 25.6 Å². The first-order chi connectivity index (χ1) is 15.4. The number of carbonyl (C=O) groups is 2. The number of aromatic nitrogens is 2. The van der Waals surface area contributed by atoms with Gasteiger partial charge in [0.15, 0.2) is 23.9 Å². The fourth-order valence-electron chi connectivity index (χ4n) is 2.94. The average Bonchev–Trinajstić information content (AvgIpc) is 3.23. The van der Waals surface area contributed by atoms with Gasteiger partial charge in [-0.1, -0.05) is 24.3 Å². The Balaban J connectivity index is 1.70. The summed E-state index contributed by atoms with van der Waals surface area (Å²) in [4.78, 5) is 26.2. The Morgan fingerprint density at radius 2 is 1.88 bits per heavy atom. The van der Waals surface area contributed by atoms with Crippen LogP contribution in [0.25, 0.3) is 5.69 Å². The summed E-state index contributed by atoms with van der Waals surface area (Å²) in [5, 5.41) is 4.25. The van der Waals surface area contributed by atoms with Crippen LogP contribution in [0.4, 0.5) is 4.39 Å². The van der Waals surface area contributed by atoms with Gasteiger partial charge in [-0.15, -0.1) is 0 Å².